The fourth-order valence-electron chi connectivity index (χ4n) is 1.37. The number of urea groups is 1. The van der Waals surface area contributed by atoms with Crippen molar-refractivity contribution in [2.24, 2.45) is 10.8 Å². The van der Waals surface area contributed by atoms with E-state index < -0.39 is 6.03 Å². The van der Waals surface area contributed by atoms with E-state index in [0.717, 1.165) is 4.47 Å². The van der Waals surface area contributed by atoms with Crippen LogP contribution in [0.15, 0.2) is 43.2 Å². The number of amides is 2. The summed E-state index contributed by atoms with van der Waals surface area (Å²) in [4.78, 5) is 22.4. The van der Waals surface area contributed by atoms with Crippen LogP contribution in [0.3, 0.4) is 0 Å². The number of nitrogens with two attached hydrogens (primary N) is 1. The van der Waals surface area contributed by atoms with E-state index in [2.05, 4.69) is 21.0 Å². The van der Waals surface area contributed by atoms with Crippen molar-refractivity contribution in [2.75, 3.05) is 0 Å². The third-order valence-corrected chi connectivity index (χ3v) is 2.63. The highest BCUT2D eigenvalue weighted by Gasteiger charge is 2.05. The highest BCUT2D eigenvalue weighted by atomic mass is 79.9. The molecule has 3 N–H and O–H groups in total. The maximum Gasteiger partial charge on any atom is 0.332 e. The van der Waals surface area contributed by atoms with E-state index in [4.69, 9.17) is 10.2 Å². The number of hydrogen-bond acceptors (Lipinski definition) is 4. The molecule has 2 amide bonds. The summed E-state index contributed by atoms with van der Waals surface area (Å²) >= 11 is 3.28. The zero-order chi connectivity index (χ0) is 13.1. The van der Waals surface area contributed by atoms with Crippen LogP contribution in [0, 0.1) is 0 Å². The normalized spacial score (nSPS) is 10.9. The van der Waals surface area contributed by atoms with Crippen molar-refractivity contribution >= 4 is 39.1 Å². The summed E-state index contributed by atoms with van der Waals surface area (Å²) in [5.74, 6) is 0. The Kier molecular flexibility index (Phi) is 3.42. The highest BCUT2D eigenvalue weighted by molar-refractivity contribution is 9.10. The van der Waals surface area contributed by atoms with E-state index in [0.29, 0.717) is 11.0 Å². The number of rotatable bonds is 2. The maximum absolute atomic E-state index is 12.0. The number of halogens is 1. The molecule has 0 fully saturated rings. The van der Waals surface area contributed by atoms with E-state index >= 15 is 0 Å². The van der Waals surface area contributed by atoms with Crippen LogP contribution >= 0.6 is 15.9 Å². The molecule has 92 valence electrons. The van der Waals surface area contributed by atoms with Crippen LogP contribution in [0.4, 0.5) is 4.79 Å². The number of hydrogen-bond donors (Lipinski definition) is 2. The molecule has 0 radical (unpaired) electrons. The van der Waals surface area contributed by atoms with Crippen molar-refractivity contribution < 1.29 is 9.21 Å². The van der Waals surface area contributed by atoms with Gasteiger partial charge in [0, 0.05) is 4.47 Å². The zero-order valence-electron chi connectivity index (χ0n) is 9.01. The Morgan fingerprint density at radius 1 is 1.50 bits per heavy atom. The van der Waals surface area contributed by atoms with E-state index in [-0.39, 0.29) is 11.0 Å². The summed E-state index contributed by atoms with van der Waals surface area (Å²) in [5.41, 5.74) is 7.28. The van der Waals surface area contributed by atoms with Gasteiger partial charge in [0.2, 0.25) is 5.43 Å². The second kappa shape index (κ2) is 5.01. The molecule has 1 heterocycles. The van der Waals surface area contributed by atoms with Gasteiger partial charge in [-0.15, -0.1) is 0 Å². The molecule has 1 aromatic carbocycles. The first kappa shape index (κ1) is 12.3. The van der Waals surface area contributed by atoms with Crippen molar-refractivity contribution in [3.8, 4) is 0 Å². The Hall–Kier alpha value is -2.15. The molecule has 0 saturated heterocycles. The first-order chi connectivity index (χ1) is 8.58. The van der Waals surface area contributed by atoms with Gasteiger partial charge in [-0.3, -0.25) is 4.79 Å². The molecule has 1 aromatic heterocycles. The zero-order valence-corrected chi connectivity index (χ0v) is 10.6. The van der Waals surface area contributed by atoms with Gasteiger partial charge in [0.15, 0.2) is 0 Å². The van der Waals surface area contributed by atoms with Crippen molar-refractivity contribution in [2.45, 2.75) is 0 Å². The van der Waals surface area contributed by atoms with Gasteiger partial charge in [0.1, 0.15) is 11.8 Å². The topological polar surface area (TPSA) is 97.7 Å². The first-order valence-electron chi connectivity index (χ1n) is 4.87. The van der Waals surface area contributed by atoms with E-state index in [1.54, 1.807) is 18.2 Å². The Bertz CT molecular complexity index is 693. The van der Waals surface area contributed by atoms with E-state index in [1.165, 1.54) is 12.5 Å². The van der Waals surface area contributed by atoms with E-state index in [1.807, 2.05) is 5.43 Å². The number of hydrazone groups is 1. The molecule has 0 bridgehead atoms. The number of nitrogens with one attached hydrogen (secondary N) is 1. The largest absolute Gasteiger partial charge is 0.463 e. The first-order valence-corrected chi connectivity index (χ1v) is 5.67. The smallest absolute Gasteiger partial charge is 0.332 e. The van der Waals surface area contributed by atoms with Crippen molar-refractivity contribution in [1.29, 1.82) is 0 Å². The van der Waals surface area contributed by atoms with Crippen molar-refractivity contribution in [3.63, 3.8) is 0 Å². The molecule has 2 rings (SSSR count). The van der Waals surface area contributed by atoms with Gasteiger partial charge in [0.25, 0.3) is 0 Å². The van der Waals surface area contributed by atoms with Crippen LogP contribution in [0.25, 0.3) is 11.0 Å². The number of primary amides is 1. The lowest BCUT2D eigenvalue weighted by molar-refractivity contribution is 0.249. The van der Waals surface area contributed by atoms with Crippen LogP contribution in [-0.4, -0.2) is 12.2 Å². The number of nitrogens with zero attached hydrogens (tertiary/aromatic N) is 1. The monoisotopic (exact) mass is 309 g/mol. The van der Waals surface area contributed by atoms with Crippen LogP contribution in [-0.2, 0) is 0 Å². The summed E-state index contributed by atoms with van der Waals surface area (Å²) < 4.78 is 6.11. The minimum atomic E-state index is -0.805. The minimum absolute atomic E-state index is 0.221. The Balaban J connectivity index is 2.45. The minimum Gasteiger partial charge on any atom is -0.463 e. The number of benzene rings is 1. The molecular weight excluding hydrogens is 302 g/mol. The van der Waals surface area contributed by atoms with Gasteiger partial charge >= 0.3 is 6.03 Å². The predicted octanol–water partition coefficient (Wildman–Crippen LogP) is 1.56. The molecule has 0 aliphatic carbocycles. The molecule has 7 heteroatoms. The van der Waals surface area contributed by atoms with Crippen LogP contribution in [0.5, 0.6) is 0 Å². The van der Waals surface area contributed by atoms with E-state index in [9.17, 15) is 9.59 Å². The third-order valence-electron chi connectivity index (χ3n) is 2.14. The highest BCUT2D eigenvalue weighted by Crippen LogP contribution is 2.17. The molecule has 0 aliphatic heterocycles. The second-order valence-corrected chi connectivity index (χ2v) is 4.31. The lowest BCUT2D eigenvalue weighted by atomic mass is 10.2. The maximum atomic E-state index is 12.0. The molecular formula is C11H8BrN3O3. The van der Waals surface area contributed by atoms with Crippen molar-refractivity contribution in [3.05, 3.63) is 44.7 Å². The summed E-state index contributed by atoms with van der Waals surface area (Å²) in [7, 11) is 0. The molecule has 6 nitrogen and oxygen atoms in total. The van der Waals surface area contributed by atoms with Gasteiger partial charge in [0.05, 0.1) is 17.2 Å². The lowest BCUT2D eigenvalue weighted by Crippen LogP contribution is -2.24. The van der Waals surface area contributed by atoms with Crippen LogP contribution in [0.2, 0.25) is 0 Å². The summed E-state index contributed by atoms with van der Waals surface area (Å²) in [6.45, 7) is 0. The predicted molar refractivity (Wildman–Crippen MR) is 70.5 cm³/mol. The summed E-state index contributed by atoms with van der Waals surface area (Å²) in [6, 6.07) is 4.27. The molecule has 0 aliphatic rings. The Labute approximate surface area is 110 Å². The lowest BCUT2D eigenvalue weighted by Gasteiger charge is -1.98. The summed E-state index contributed by atoms with van der Waals surface area (Å²) in [5, 5.41) is 3.94. The third kappa shape index (κ3) is 2.57. The number of carbonyl (C=O) groups excluding carboxylic acids is 1. The van der Waals surface area contributed by atoms with Gasteiger partial charge in [-0.25, -0.2) is 10.2 Å². The van der Waals surface area contributed by atoms with Gasteiger partial charge in [-0.2, -0.15) is 5.10 Å². The molecule has 2 aromatic rings. The van der Waals surface area contributed by atoms with Crippen LogP contribution in [0.1, 0.15) is 5.56 Å². The molecule has 0 saturated carbocycles. The average molecular weight is 310 g/mol. The van der Waals surface area contributed by atoms with Gasteiger partial charge in [-0.1, -0.05) is 15.9 Å². The number of carbonyl (C=O) groups is 1. The Morgan fingerprint density at radius 2 is 2.28 bits per heavy atom. The van der Waals surface area contributed by atoms with Gasteiger partial charge < -0.3 is 10.2 Å². The quantitative estimate of drug-likeness (QED) is 0.650. The van der Waals surface area contributed by atoms with Crippen molar-refractivity contribution in [1.82, 2.24) is 5.43 Å². The summed E-state index contributed by atoms with van der Waals surface area (Å²) in [6.07, 6.45) is 2.45. The molecule has 18 heavy (non-hydrogen) atoms. The fraction of sp³-hybridized carbons (Fsp3) is 0. The Morgan fingerprint density at radius 3 is 3.00 bits per heavy atom. The van der Waals surface area contributed by atoms with Gasteiger partial charge in [-0.05, 0) is 18.2 Å². The SMILES string of the molecule is NC(=O)NN=Cc1coc2cc(Br)ccc2c1=O. The average Bonchev–Trinajstić information content (AvgIpc) is 2.31. The van der Waals surface area contributed by atoms with Crippen LogP contribution < -0.4 is 16.6 Å². The standard InChI is InChI=1S/C11H8BrN3O3/c12-7-1-2-8-9(3-7)18-5-6(10(8)16)4-14-15-11(13)17/h1-5H,(H3,13,15,17). The molecule has 0 spiro atoms. The molecule has 0 unspecified atom stereocenters. The second-order valence-electron chi connectivity index (χ2n) is 3.39. The number of fused-ring (bicyclic) bond motifs is 1. The molecule has 0 atom stereocenters. The fourth-order valence-corrected chi connectivity index (χ4v) is 1.71.